The summed E-state index contributed by atoms with van der Waals surface area (Å²) in [7, 11) is -2.17. The van der Waals surface area contributed by atoms with E-state index >= 15 is 0 Å². The molecule has 2 aliphatic heterocycles. The van der Waals surface area contributed by atoms with Gasteiger partial charge in [-0.15, -0.1) is 0 Å². The summed E-state index contributed by atoms with van der Waals surface area (Å²) in [6, 6.07) is 10.6. The maximum atomic E-state index is 13.5. The van der Waals surface area contributed by atoms with E-state index in [1.807, 2.05) is 32.0 Å². The molecule has 1 unspecified atom stereocenters. The van der Waals surface area contributed by atoms with E-state index in [4.69, 9.17) is 15.5 Å². The molecular formula is C29H37N5O5S2. The molecule has 0 saturated carbocycles. The van der Waals surface area contributed by atoms with E-state index in [2.05, 4.69) is 10.6 Å². The van der Waals surface area contributed by atoms with E-state index in [0.29, 0.717) is 41.7 Å². The second-order valence-corrected chi connectivity index (χ2v) is 13.2. The first kappa shape index (κ1) is 30.8. The molecule has 2 aliphatic rings. The van der Waals surface area contributed by atoms with E-state index in [-0.39, 0.29) is 22.7 Å². The van der Waals surface area contributed by atoms with Crippen LogP contribution in [-0.2, 0) is 24.3 Å². The van der Waals surface area contributed by atoms with Crippen molar-refractivity contribution in [2.75, 3.05) is 38.7 Å². The van der Waals surface area contributed by atoms with E-state index in [1.54, 1.807) is 19.1 Å². The van der Waals surface area contributed by atoms with Gasteiger partial charge in [0.05, 0.1) is 22.8 Å². The minimum Gasteiger partial charge on any atom is -0.400 e. The predicted octanol–water partition coefficient (Wildman–Crippen LogP) is 3.55. The number of nitrogens with one attached hydrogen (secondary N) is 2. The molecule has 4 rings (SSSR count). The first-order valence-corrected chi connectivity index (χ1v) is 15.9. The minimum atomic E-state index is -3.70. The molecule has 2 amide bonds. The molecule has 220 valence electrons. The lowest BCUT2D eigenvalue weighted by atomic mass is 10.1. The fourth-order valence-electron chi connectivity index (χ4n) is 4.80. The zero-order chi connectivity index (χ0) is 29.7. The van der Waals surface area contributed by atoms with Gasteiger partial charge in [-0.2, -0.15) is 4.31 Å². The third-order valence-corrected chi connectivity index (χ3v) is 10.3. The van der Waals surface area contributed by atoms with Crippen molar-refractivity contribution in [2.45, 2.75) is 50.2 Å². The van der Waals surface area contributed by atoms with Crippen LogP contribution in [0.15, 0.2) is 57.6 Å². The quantitative estimate of drug-likeness (QED) is 0.374. The Labute approximate surface area is 245 Å². The maximum absolute atomic E-state index is 13.5. The number of aryl methyl sites for hydroxylation is 3. The molecule has 1 saturated heterocycles. The highest BCUT2D eigenvalue weighted by Crippen LogP contribution is 2.36. The molecular weight excluding hydrogens is 562 g/mol. The third kappa shape index (κ3) is 7.00. The molecule has 0 spiro atoms. The largest absolute Gasteiger partial charge is 0.400 e. The molecule has 1 fully saturated rings. The third-order valence-electron chi connectivity index (χ3n) is 7.03. The fourth-order valence-corrected chi connectivity index (χ4v) is 7.68. The number of amides is 2. The number of hydrogen-bond acceptors (Lipinski definition) is 8. The van der Waals surface area contributed by atoms with Gasteiger partial charge in [0.15, 0.2) is 0 Å². The molecule has 0 bridgehead atoms. The average Bonchev–Trinajstić information content (AvgIpc) is 3.27. The van der Waals surface area contributed by atoms with Gasteiger partial charge in [0, 0.05) is 38.1 Å². The van der Waals surface area contributed by atoms with E-state index in [9.17, 15) is 18.0 Å². The highest BCUT2D eigenvalue weighted by molar-refractivity contribution is 8.16. The Balaban J connectivity index is 1.62. The molecule has 2 aromatic carbocycles. The average molecular weight is 600 g/mol. The first-order chi connectivity index (χ1) is 19.5. The van der Waals surface area contributed by atoms with Gasteiger partial charge in [0.25, 0.3) is 5.91 Å². The van der Waals surface area contributed by atoms with Crippen molar-refractivity contribution < 1.29 is 22.7 Å². The minimum absolute atomic E-state index is 0.0826. The Morgan fingerprint density at radius 2 is 1.80 bits per heavy atom. The van der Waals surface area contributed by atoms with Crippen LogP contribution in [0.4, 0.5) is 11.4 Å². The number of thioether (sulfide) groups is 1. The van der Waals surface area contributed by atoms with Gasteiger partial charge in [-0.25, -0.2) is 13.4 Å². The molecule has 12 heteroatoms. The van der Waals surface area contributed by atoms with Crippen LogP contribution < -0.4 is 16.4 Å². The first-order valence-electron chi connectivity index (χ1n) is 13.5. The van der Waals surface area contributed by atoms with Crippen molar-refractivity contribution in [2.24, 2.45) is 10.7 Å². The number of nitrogens with zero attached hydrogens (tertiary/aromatic N) is 2. The number of sulfonamides is 1. The second kappa shape index (κ2) is 13.2. The molecule has 0 radical (unpaired) electrons. The Morgan fingerprint density at radius 1 is 1.07 bits per heavy atom. The number of anilines is 1. The van der Waals surface area contributed by atoms with Crippen LogP contribution in [0.3, 0.4) is 0 Å². The summed E-state index contributed by atoms with van der Waals surface area (Å²) in [6.45, 7) is 7.19. The molecule has 0 aliphatic carbocycles. The molecule has 10 nitrogen and oxygen atoms in total. The predicted molar refractivity (Wildman–Crippen MR) is 163 cm³/mol. The molecule has 2 heterocycles. The summed E-state index contributed by atoms with van der Waals surface area (Å²) in [4.78, 5) is 31.5. The van der Waals surface area contributed by atoms with Gasteiger partial charge in [-0.1, -0.05) is 41.9 Å². The number of hydrogen-bond donors (Lipinski definition) is 3. The summed E-state index contributed by atoms with van der Waals surface area (Å²) >= 11 is 1.09. The van der Waals surface area contributed by atoms with Gasteiger partial charge in [0.1, 0.15) is 10.3 Å². The van der Waals surface area contributed by atoms with Gasteiger partial charge >= 0.3 is 0 Å². The summed E-state index contributed by atoms with van der Waals surface area (Å²) < 4.78 is 33.2. The molecule has 0 aromatic heterocycles. The molecule has 4 N–H and O–H groups in total. The van der Waals surface area contributed by atoms with Gasteiger partial charge in [-0.05, 0) is 62.9 Å². The molecule has 2 aromatic rings. The number of ether oxygens (including phenoxy) is 1. The monoisotopic (exact) mass is 599 g/mol. The number of carbonyl (C=O) groups is 2. The fraction of sp³-hybridized carbons (Fsp3) is 0.414. The van der Waals surface area contributed by atoms with Crippen LogP contribution >= 0.6 is 11.8 Å². The van der Waals surface area contributed by atoms with Crippen molar-refractivity contribution in [3.05, 3.63) is 64.4 Å². The van der Waals surface area contributed by atoms with E-state index in [0.717, 1.165) is 42.2 Å². The number of aliphatic imine (C=N–C) groups is 1. The van der Waals surface area contributed by atoms with Crippen LogP contribution in [0.1, 0.15) is 36.0 Å². The SMILES string of the molecule is COCCNC(=O)C1=C(N)C(C(=O)Nc2ccc(C)c(S(=O)(=O)N3CCCCC3)c2)SC1=Nc1ccc(C)cc1C. The summed E-state index contributed by atoms with van der Waals surface area (Å²) in [6.07, 6.45) is 2.66. The van der Waals surface area contributed by atoms with Crippen LogP contribution in [0.2, 0.25) is 0 Å². The van der Waals surface area contributed by atoms with Gasteiger partial charge in [0.2, 0.25) is 15.9 Å². The highest BCUT2D eigenvalue weighted by atomic mass is 32.2. The number of piperidine rings is 1. The van der Waals surface area contributed by atoms with Crippen molar-refractivity contribution in [1.82, 2.24) is 9.62 Å². The van der Waals surface area contributed by atoms with Crippen LogP contribution in [0, 0.1) is 20.8 Å². The Bertz CT molecular complexity index is 1500. The Kier molecular flexibility index (Phi) is 9.90. The summed E-state index contributed by atoms with van der Waals surface area (Å²) in [5.74, 6) is -0.929. The Morgan fingerprint density at radius 3 is 2.49 bits per heavy atom. The van der Waals surface area contributed by atoms with Crippen LogP contribution in [-0.4, -0.2) is 68.2 Å². The van der Waals surface area contributed by atoms with E-state index < -0.39 is 27.1 Å². The van der Waals surface area contributed by atoms with Crippen molar-refractivity contribution in [3.8, 4) is 0 Å². The van der Waals surface area contributed by atoms with Crippen LogP contribution in [0.5, 0.6) is 0 Å². The van der Waals surface area contributed by atoms with Crippen molar-refractivity contribution in [3.63, 3.8) is 0 Å². The van der Waals surface area contributed by atoms with Crippen molar-refractivity contribution >= 4 is 50.0 Å². The number of carbonyl (C=O) groups excluding carboxylic acids is 2. The summed E-state index contributed by atoms with van der Waals surface area (Å²) in [5.41, 5.74) is 10.3. The molecule has 1 atom stereocenters. The zero-order valence-electron chi connectivity index (χ0n) is 23.8. The Hall–Kier alpha value is -3.19. The van der Waals surface area contributed by atoms with Gasteiger partial charge < -0.3 is 21.1 Å². The smallest absolute Gasteiger partial charge is 0.255 e. The lowest BCUT2D eigenvalue weighted by molar-refractivity contribution is -0.117. The number of rotatable bonds is 9. The number of nitrogens with two attached hydrogens (primary N) is 1. The van der Waals surface area contributed by atoms with Crippen molar-refractivity contribution in [1.29, 1.82) is 0 Å². The highest BCUT2D eigenvalue weighted by Gasteiger charge is 2.38. The van der Waals surface area contributed by atoms with E-state index in [1.165, 1.54) is 17.5 Å². The second-order valence-electron chi connectivity index (χ2n) is 10.2. The lowest BCUT2D eigenvalue weighted by Crippen LogP contribution is -2.36. The topological polar surface area (TPSA) is 143 Å². The van der Waals surface area contributed by atoms with Crippen LogP contribution in [0.25, 0.3) is 0 Å². The zero-order valence-corrected chi connectivity index (χ0v) is 25.5. The number of methoxy groups -OCH3 is 1. The number of benzene rings is 2. The van der Waals surface area contributed by atoms with Gasteiger partial charge in [-0.3, -0.25) is 9.59 Å². The molecule has 41 heavy (non-hydrogen) atoms. The standard InChI is InChI=1S/C29H37N5O5S2/c1-18-8-11-22(20(3)16-18)33-29-24(27(35)31-12-15-39-4)25(30)26(40-29)28(36)32-21-10-9-19(2)23(17-21)41(37,38)34-13-6-5-7-14-34/h8-11,16-17,26H,5-7,12-15,30H2,1-4H3,(H,31,35)(H,32,36). The maximum Gasteiger partial charge on any atom is 0.255 e. The lowest BCUT2D eigenvalue weighted by Gasteiger charge is -2.26. The summed E-state index contributed by atoms with van der Waals surface area (Å²) in [5, 5.41) is 4.97. The normalized spacial score (nSPS) is 19.0.